The number of nitrogens with one attached hydrogen (secondary N) is 2. The van der Waals surface area contributed by atoms with Gasteiger partial charge >= 0.3 is 0 Å². The Balaban J connectivity index is 1.41. The zero-order valence-electron chi connectivity index (χ0n) is 25.6. The molecule has 45 heavy (non-hydrogen) atoms. The minimum Gasteiger partial charge on any atom is -0.472 e. The standard InChI is InChI=1S/C35H35F3N6O/c1-17-10-24-34(44(17)33-20-12-27(33)40-15-20)23-11-19(6-4-8-39)29(25-16-41-31-22(25)13-21(36)14-26(31)37)30(38)32(23)42-35(24)45-18(2)28-7-5-9-43(28)3/h10-11,13-14,16,18,20,27-28,33,40-41H,4-7,9,12,15H2,1-3H3/t18?,20-,27-,28?,33+/m1/s1. The number of likely N-dealkylation sites (N-methyl/N-ethyl adjacent to an activating group) is 1. The fourth-order valence-corrected chi connectivity index (χ4v) is 8.37. The molecule has 0 amide bonds. The van der Waals surface area contributed by atoms with Crippen molar-refractivity contribution in [2.75, 3.05) is 20.1 Å². The number of aromatic nitrogens is 3. The molecule has 4 aliphatic rings. The number of aryl methyl sites for hydroxylation is 2. The van der Waals surface area contributed by atoms with Crippen LogP contribution in [0, 0.1) is 41.6 Å². The van der Waals surface area contributed by atoms with Gasteiger partial charge in [-0.1, -0.05) is 0 Å². The van der Waals surface area contributed by atoms with Gasteiger partial charge in [-0.15, -0.1) is 0 Å². The molecular weight excluding hydrogens is 577 g/mol. The van der Waals surface area contributed by atoms with Crippen LogP contribution in [0.25, 0.3) is 43.8 Å². The molecule has 10 heteroatoms. The maximum atomic E-state index is 17.2. The summed E-state index contributed by atoms with van der Waals surface area (Å²) in [6.45, 7) is 6.08. The van der Waals surface area contributed by atoms with E-state index in [1.54, 1.807) is 0 Å². The van der Waals surface area contributed by atoms with Gasteiger partial charge in [0.05, 0.1) is 28.5 Å². The van der Waals surface area contributed by atoms with Crippen LogP contribution in [-0.2, 0) is 6.42 Å². The summed E-state index contributed by atoms with van der Waals surface area (Å²) in [5.41, 5.74) is 3.28. The van der Waals surface area contributed by atoms with Crippen molar-refractivity contribution in [3.63, 3.8) is 0 Å². The molecule has 232 valence electrons. The number of ether oxygens (including phenoxy) is 1. The van der Waals surface area contributed by atoms with Crippen LogP contribution in [0.1, 0.15) is 49.9 Å². The van der Waals surface area contributed by atoms with Crippen molar-refractivity contribution in [1.82, 2.24) is 24.8 Å². The minimum atomic E-state index is -0.755. The SMILES string of the molecule is Cc1cc2c(OC(C)C3CCCN3C)nc3c(F)c(-c4c[nH]c5c(F)cc(F)cc45)c(CCC#N)cc3c2n1[C@H]1[C@H]2CN[C@@H]1C2. The van der Waals surface area contributed by atoms with E-state index in [9.17, 15) is 14.0 Å². The topological polar surface area (TPSA) is 81.9 Å². The van der Waals surface area contributed by atoms with Gasteiger partial charge in [-0.05, 0) is 82.8 Å². The molecule has 6 heterocycles. The average Bonchev–Trinajstić information content (AvgIpc) is 3.83. The molecule has 5 atom stereocenters. The van der Waals surface area contributed by atoms with Crippen molar-refractivity contribution < 1.29 is 17.9 Å². The van der Waals surface area contributed by atoms with Crippen molar-refractivity contribution in [3.8, 4) is 23.1 Å². The lowest BCUT2D eigenvalue weighted by atomic mass is 9.79. The summed E-state index contributed by atoms with van der Waals surface area (Å²) >= 11 is 0. The molecule has 1 aliphatic carbocycles. The molecule has 2 bridgehead atoms. The molecule has 0 radical (unpaired) electrons. The fourth-order valence-electron chi connectivity index (χ4n) is 8.37. The second kappa shape index (κ2) is 10.5. The van der Waals surface area contributed by atoms with Gasteiger partial charge in [0.15, 0.2) is 5.82 Å². The molecule has 2 unspecified atom stereocenters. The van der Waals surface area contributed by atoms with Gasteiger partial charge in [-0.2, -0.15) is 5.26 Å². The summed E-state index contributed by atoms with van der Waals surface area (Å²) < 4.78 is 55.4. The van der Waals surface area contributed by atoms with Crippen LogP contribution in [0.15, 0.2) is 30.5 Å². The van der Waals surface area contributed by atoms with Gasteiger partial charge in [0.1, 0.15) is 23.3 Å². The summed E-state index contributed by atoms with van der Waals surface area (Å²) in [5.74, 6) is -1.23. The number of pyridine rings is 1. The molecule has 9 rings (SSSR count). The Morgan fingerprint density at radius 3 is 2.71 bits per heavy atom. The second-order valence-corrected chi connectivity index (χ2v) is 13.1. The van der Waals surface area contributed by atoms with Crippen LogP contribution in [0.3, 0.4) is 0 Å². The normalized spacial score (nSPS) is 23.7. The van der Waals surface area contributed by atoms with E-state index in [2.05, 4.69) is 45.9 Å². The number of H-pyrrole nitrogens is 1. The maximum Gasteiger partial charge on any atom is 0.223 e. The lowest BCUT2D eigenvalue weighted by Crippen LogP contribution is -2.39. The summed E-state index contributed by atoms with van der Waals surface area (Å²) in [6.07, 6.45) is 4.98. The van der Waals surface area contributed by atoms with Gasteiger partial charge in [-0.3, -0.25) is 4.90 Å². The van der Waals surface area contributed by atoms with Crippen LogP contribution in [0.4, 0.5) is 13.2 Å². The first-order valence-electron chi connectivity index (χ1n) is 15.9. The highest BCUT2D eigenvalue weighted by Crippen LogP contribution is 2.49. The third kappa shape index (κ3) is 4.27. The Morgan fingerprint density at radius 2 is 2.00 bits per heavy atom. The number of hydrogen-bond acceptors (Lipinski definition) is 5. The summed E-state index contributed by atoms with van der Waals surface area (Å²) in [7, 11) is 2.10. The quantitative estimate of drug-likeness (QED) is 0.209. The van der Waals surface area contributed by atoms with Crippen LogP contribution in [-0.4, -0.2) is 57.8 Å². The van der Waals surface area contributed by atoms with Crippen molar-refractivity contribution in [2.24, 2.45) is 5.92 Å². The van der Waals surface area contributed by atoms with Crippen molar-refractivity contribution in [1.29, 1.82) is 5.26 Å². The molecule has 5 aromatic rings. The minimum absolute atomic E-state index is 0.0940. The Bertz CT molecular complexity index is 2030. The number of hydrogen-bond donors (Lipinski definition) is 2. The summed E-state index contributed by atoms with van der Waals surface area (Å²) in [6, 6.07) is 9.03. The predicted molar refractivity (Wildman–Crippen MR) is 168 cm³/mol. The molecule has 7 nitrogen and oxygen atoms in total. The fraction of sp³-hybridized carbons (Fsp3) is 0.429. The molecule has 2 N–H and O–H groups in total. The van der Waals surface area contributed by atoms with Gasteiger partial charge < -0.3 is 19.6 Å². The van der Waals surface area contributed by atoms with E-state index in [1.165, 1.54) is 12.3 Å². The second-order valence-electron chi connectivity index (χ2n) is 13.1. The Kier molecular flexibility index (Phi) is 6.63. The zero-order chi connectivity index (χ0) is 31.1. The first kappa shape index (κ1) is 28.4. The molecule has 0 spiro atoms. The predicted octanol–water partition coefficient (Wildman–Crippen LogP) is 6.91. The molecular formula is C35H35F3N6O. The number of halogens is 3. The smallest absolute Gasteiger partial charge is 0.223 e. The Labute approximate surface area is 259 Å². The van der Waals surface area contributed by atoms with Gasteiger partial charge in [0.25, 0.3) is 0 Å². The van der Waals surface area contributed by atoms with Crippen LogP contribution in [0.5, 0.6) is 5.88 Å². The maximum absolute atomic E-state index is 17.2. The molecule has 2 aromatic carbocycles. The first-order valence-corrected chi connectivity index (χ1v) is 15.9. The molecule has 3 aromatic heterocycles. The number of rotatable bonds is 7. The molecule has 3 aliphatic heterocycles. The van der Waals surface area contributed by atoms with E-state index in [1.807, 2.05) is 13.0 Å². The number of benzene rings is 2. The monoisotopic (exact) mass is 612 g/mol. The van der Waals surface area contributed by atoms with Gasteiger partial charge in [0.2, 0.25) is 5.88 Å². The molecule has 3 saturated heterocycles. The van der Waals surface area contributed by atoms with E-state index in [4.69, 9.17) is 9.72 Å². The number of likely N-dealkylation sites (tertiary alicyclic amines) is 1. The van der Waals surface area contributed by atoms with Crippen LogP contribution >= 0.6 is 0 Å². The summed E-state index contributed by atoms with van der Waals surface area (Å²) in [5, 5.41) is 14.8. The van der Waals surface area contributed by atoms with Gasteiger partial charge in [0, 0.05) is 64.9 Å². The van der Waals surface area contributed by atoms with Gasteiger partial charge in [-0.25, -0.2) is 18.2 Å². The highest BCUT2D eigenvalue weighted by Gasteiger charge is 2.48. The lowest BCUT2D eigenvalue weighted by Gasteiger charge is -2.37. The summed E-state index contributed by atoms with van der Waals surface area (Å²) in [4.78, 5) is 10.1. The Hall–Kier alpha value is -4.07. The largest absolute Gasteiger partial charge is 0.472 e. The van der Waals surface area contributed by atoms with E-state index >= 15 is 4.39 Å². The van der Waals surface area contributed by atoms with Crippen LogP contribution < -0.4 is 10.1 Å². The highest BCUT2D eigenvalue weighted by molar-refractivity contribution is 6.09. The molecule has 1 saturated carbocycles. The average molecular weight is 613 g/mol. The van der Waals surface area contributed by atoms with E-state index in [-0.39, 0.29) is 53.0 Å². The van der Waals surface area contributed by atoms with E-state index in [0.29, 0.717) is 34.4 Å². The number of nitriles is 1. The van der Waals surface area contributed by atoms with Crippen molar-refractivity contribution in [2.45, 2.75) is 70.2 Å². The highest BCUT2D eigenvalue weighted by atomic mass is 19.1. The number of fused-ring (bicyclic) bond motifs is 5. The van der Waals surface area contributed by atoms with E-state index in [0.717, 1.165) is 55.0 Å². The lowest BCUT2D eigenvalue weighted by molar-refractivity contribution is 0.119. The third-order valence-corrected chi connectivity index (χ3v) is 10.5. The van der Waals surface area contributed by atoms with Crippen molar-refractivity contribution in [3.05, 3.63) is 59.2 Å². The molecule has 4 fully saturated rings. The Morgan fingerprint density at radius 1 is 1.16 bits per heavy atom. The van der Waals surface area contributed by atoms with Crippen LogP contribution in [0.2, 0.25) is 0 Å². The number of aromatic amines is 1. The van der Waals surface area contributed by atoms with Crippen molar-refractivity contribution >= 4 is 32.7 Å². The zero-order valence-corrected chi connectivity index (χ0v) is 25.6. The van der Waals surface area contributed by atoms with E-state index < -0.39 is 17.5 Å². The first-order chi connectivity index (χ1) is 21.7. The third-order valence-electron chi connectivity index (χ3n) is 10.5. The number of nitrogens with zero attached hydrogens (tertiary/aromatic N) is 4.